The number of carbonyl (C=O) groups excluding carboxylic acids is 1. The van der Waals surface area contributed by atoms with Gasteiger partial charge in [-0.3, -0.25) is 0 Å². The first kappa shape index (κ1) is 15.2. The monoisotopic (exact) mass is 236 g/mol. The summed E-state index contributed by atoms with van der Waals surface area (Å²) in [6, 6.07) is 2.30. The number of rotatable bonds is 1. The average molecular weight is 236 g/mol. The summed E-state index contributed by atoms with van der Waals surface area (Å²) in [4.78, 5) is 15.6. The minimum absolute atomic E-state index is 0. The number of aliphatic carboxylic acids is 1. The van der Waals surface area contributed by atoms with Crippen LogP contribution in [0.25, 0.3) is 0 Å². The van der Waals surface area contributed by atoms with Gasteiger partial charge in [0.25, 0.3) is 5.66 Å². The number of aliphatic imine (C=N–C) groups is 2. The fourth-order valence-electron chi connectivity index (χ4n) is 0.944. The van der Waals surface area contributed by atoms with E-state index in [1.54, 1.807) is 0 Å². The van der Waals surface area contributed by atoms with Crippen LogP contribution in [0.15, 0.2) is 9.98 Å². The third-order valence-corrected chi connectivity index (χ3v) is 1.66. The summed E-state index contributed by atoms with van der Waals surface area (Å²) in [6.07, 6.45) is -5.38. The molecule has 0 bridgehead atoms. The van der Waals surface area contributed by atoms with Gasteiger partial charge in [-0.25, -0.2) is 9.98 Å². The van der Waals surface area contributed by atoms with E-state index in [1.807, 2.05) is 0 Å². The smallest absolute Gasteiger partial charge is 0.545 e. The summed E-state index contributed by atoms with van der Waals surface area (Å²) in [5.74, 6) is -2.64. The van der Waals surface area contributed by atoms with Crippen LogP contribution in [0.5, 0.6) is 0 Å². The van der Waals surface area contributed by atoms with Gasteiger partial charge in [0.15, 0.2) is 11.4 Å². The molecular formula is C7F3LiN4O2. The number of nitriles is 2. The van der Waals surface area contributed by atoms with E-state index >= 15 is 0 Å². The van der Waals surface area contributed by atoms with E-state index < -0.39 is 29.2 Å². The van der Waals surface area contributed by atoms with Crippen LogP contribution in [-0.4, -0.2) is 29.2 Å². The van der Waals surface area contributed by atoms with Gasteiger partial charge in [-0.1, -0.05) is 0 Å². The average Bonchev–Trinajstić information content (AvgIpc) is 2.56. The molecular weight excluding hydrogens is 236 g/mol. The first-order valence-electron chi connectivity index (χ1n) is 3.57. The van der Waals surface area contributed by atoms with Gasteiger partial charge in [-0.05, 0) is 0 Å². The first-order valence-corrected chi connectivity index (χ1v) is 3.57. The Morgan fingerprint density at radius 1 is 1.24 bits per heavy atom. The SMILES string of the molecule is N#CC1=NC(C(=O)[O-])(C(F)(F)F)N=C1C#N.[Li+]. The molecule has 10 heteroatoms. The maximum atomic E-state index is 12.4. The number of nitrogens with zero attached hydrogens (tertiary/aromatic N) is 4. The largest absolute Gasteiger partial charge is 1.00 e. The van der Waals surface area contributed by atoms with Crippen molar-refractivity contribution in [3.05, 3.63) is 0 Å². The van der Waals surface area contributed by atoms with E-state index in [4.69, 9.17) is 10.5 Å². The van der Waals surface area contributed by atoms with Gasteiger partial charge in [0.2, 0.25) is 0 Å². The van der Waals surface area contributed by atoms with Crippen LogP contribution in [0, 0.1) is 22.7 Å². The van der Waals surface area contributed by atoms with Gasteiger partial charge in [0.05, 0.1) is 0 Å². The molecule has 1 aliphatic rings. The van der Waals surface area contributed by atoms with Crippen LogP contribution >= 0.6 is 0 Å². The van der Waals surface area contributed by atoms with Crippen LogP contribution in [0.1, 0.15) is 0 Å². The zero-order valence-electron chi connectivity index (χ0n) is 8.24. The molecule has 0 aromatic rings. The van der Waals surface area contributed by atoms with E-state index in [9.17, 15) is 23.1 Å². The number of halogens is 3. The van der Waals surface area contributed by atoms with Gasteiger partial charge >= 0.3 is 25.0 Å². The molecule has 0 fully saturated rings. The van der Waals surface area contributed by atoms with Crippen molar-refractivity contribution in [2.24, 2.45) is 9.98 Å². The van der Waals surface area contributed by atoms with Crippen molar-refractivity contribution in [2.45, 2.75) is 11.8 Å². The summed E-state index contributed by atoms with van der Waals surface area (Å²) in [5.41, 5.74) is -5.85. The van der Waals surface area contributed by atoms with E-state index in [0.717, 1.165) is 12.1 Å². The topological polar surface area (TPSA) is 112 Å². The minimum Gasteiger partial charge on any atom is -0.545 e. The fourth-order valence-corrected chi connectivity index (χ4v) is 0.944. The molecule has 0 amide bonds. The van der Waals surface area contributed by atoms with Crippen LogP contribution in [0.4, 0.5) is 13.2 Å². The third-order valence-electron chi connectivity index (χ3n) is 1.66. The first-order chi connectivity index (χ1) is 7.28. The Balaban J connectivity index is 0.00000256. The predicted molar refractivity (Wildman–Crippen MR) is 39.9 cm³/mol. The number of carboxylic acid groups (broad SMARTS) is 1. The Hall–Kier alpha value is -1.82. The molecule has 0 aromatic heterocycles. The summed E-state index contributed by atoms with van der Waals surface area (Å²) in [6.45, 7) is 0. The normalized spacial score (nSPS) is 17.0. The summed E-state index contributed by atoms with van der Waals surface area (Å²) < 4.78 is 37.3. The maximum absolute atomic E-state index is 12.4. The van der Waals surface area contributed by atoms with Gasteiger partial charge in [-0.15, -0.1) is 0 Å². The molecule has 1 heterocycles. The summed E-state index contributed by atoms with van der Waals surface area (Å²) in [5, 5.41) is 27.1. The fraction of sp³-hybridized carbons (Fsp3) is 0.286. The van der Waals surface area contributed by atoms with Crippen molar-refractivity contribution in [3.8, 4) is 12.1 Å². The Kier molecular flexibility index (Phi) is 4.09. The second kappa shape index (κ2) is 4.58. The molecule has 17 heavy (non-hydrogen) atoms. The van der Waals surface area contributed by atoms with Crippen LogP contribution in [0.2, 0.25) is 0 Å². The third kappa shape index (κ3) is 2.16. The molecule has 0 spiro atoms. The van der Waals surface area contributed by atoms with Crippen molar-refractivity contribution < 1.29 is 41.9 Å². The van der Waals surface area contributed by atoms with Crippen molar-refractivity contribution in [3.63, 3.8) is 0 Å². The molecule has 0 aliphatic carbocycles. The summed E-state index contributed by atoms with van der Waals surface area (Å²) in [7, 11) is 0. The van der Waals surface area contributed by atoms with E-state index in [0.29, 0.717) is 0 Å². The maximum Gasteiger partial charge on any atom is 1.00 e. The molecule has 0 radical (unpaired) electrons. The predicted octanol–water partition coefficient (Wildman–Crippen LogP) is -4.06. The van der Waals surface area contributed by atoms with Crippen molar-refractivity contribution in [1.82, 2.24) is 0 Å². The number of alkyl halides is 3. The van der Waals surface area contributed by atoms with Gasteiger partial charge in [-0.2, -0.15) is 23.7 Å². The Morgan fingerprint density at radius 3 is 1.76 bits per heavy atom. The van der Waals surface area contributed by atoms with E-state index in [2.05, 4.69) is 9.98 Å². The molecule has 0 saturated heterocycles. The Labute approximate surface area is 104 Å². The van der Waals surface area contributed by atoms with E-state index in [1.165, 1.54) is 0 Å². The van der Waals surface area contributed by atoms with Gasteiger partial charge < -0.3 is 9.90 Å². The molecule has 0 saturated carbocycles. The van der Waals surface area contributed by atoms with Gasteiger partial charge in [0, 0.05) is 0 Å². The number of carboxylic acids is 1. The van der Waals surface area contributed by atoms with Crippen LogP contribution in [0.3, 0.4) is 0 Å². The molecule has 6 nitrogen and oxygen atoms in total. The summed E-state index contributed by atoms with van der Waals surface area (Å²) >= 11 is 0. The second-order valence-electron chi connectivity index (χ2n) is 2.60. The van der Waals surface area contributed by atoms with Crippen molar-refractivity contribution >= 4 is 17.4 Å². The molecule has 0 aromatic carbocycles. The standard InChI is InChI=1S/C7HF3N4O2.Li/c8-7(9,10)6(5(15)16)13-3(1-11)4(2-12)14-6;/h(H,15,16);/q;+1/p-1. The number of hydrogen-bond donors (Lipinski definition) is 0. The Bertz CT molecular complexity index is 467. The molecule has 0 N–H and O–H groups in total. The zero-order valence-corrected chi connectivity index (χ0v) is 8.24. The van der Waals surface area contributed by atoms with Crippen molar-refractivity contribution in [2.75, 3.05) is 0 Å². The van der Waals surface area contributed by atoms with E-state index in [-0.39, 0.29) is 18.9 Å². The number of carbonyl (C=O) groups is 1. The van der Waals surface area contributed by atoms with Crippen molar-refractivity contribution in [1.29, 1.82) is 10.5 Å². The zero-order chi connectivity index (χ0) is 12.6. The van der Waals surface area contributed by atoms with Gasteiger partial charge in [0.1, 0.15) is 18.1 Å². The molecule has 0 atom stereocenters. The Morgan fingerprint density at radius 2 is 1.59 bits per heavy atom. The molecule has 82 valence electrons. The van der Waals surface area contributed by atoms with Crippen LogP contribution in [-0.2, 0) is 4.79 Å². The molecule has 0 unspecified atom stereocenters. The quantitative estimate of drug-likeness (QED) is 0.431. The van der Waals surface area contributed by atoms with Crippen LogP contribution < -0.4 is 24.0 Å². The number of hydrogen-bond acceptors (Lipinski definition) is 6. The minimum atomic E-state index is -5.38. The molecule has 1 rings (SSSR count). The molecule has 1 aliphatic heterocycles. The second-order valence-corrected chi connectivity index (χ2v) is 2.60.